The molecule has 2 fully saturated rings. The second-order valence-electron chi connectivity index (χ2n) is 6.80. The zero-order valence-corrected chi connectivity index (χ0v) is 14.0. The van der Waals surface area contributed by atoms with Crippen molar-refractivity contribution in [2.24, 2.45) is 0 Å². The van der Waals surface area contributed by atoms with Crippen molar-refractivity contribution < 1.29 is 10.2 Å². The fraction of sp³-hybridized carbons (Fsp3) is 0.400. The standard InChI is InChI=1S/C20H22O2S/c21-19-9-7-15(11-17(19)13-3-1-4-13)23-16-8-10-20(22)18(12-16)14-5-2-6-14/h7-14,21-22H,1-6H2. The molecule has 0 aromatic heterocycles. The molecule has 2 aliphatic rings. The van der Waals surface area contributed by atoms with Crippen LogP contribution in [0.5, 0.6) is 11.5 Å². The number of rotatable bonds is 4. The zero-order valence-electron chi connectivity index (χ0n) is 13.2. The number of hydrogen-bond acceptors (Lipinski definition) is 3. The lowest BCUT2D eigenvalue weighted by Crippen LogP contribution is -2.09. The fourth-order valence-corrected chi connectivity index (χ4v) is 4.34. The highest BCUT2D eigenvalue weighted by Gasteiger charge is 2.24. The van der Waals surface area contributed by atoms with Crippen molar-refractivity contribution in [2.75, 3.05) is 0 Å². The Hall–Kier alpha value is -1.61. The first-order valence-electron chi connectivity index (χ1n) is 8.54. The van der Waals surface area contributed by atoms with Gasteiger partial charge in [-0.3, -0.25) is 0 Å². The smallest absolute Gasteiger partial charge is 0.119 e. The van der Waals surface area contributed by atoms with Crippen LogP contribution in [0.15, 0.2) is 46.2 Å². The second-order valence-corrected chi connectivity index (χ2v) is 7.95. The van der Waals surface area contributed by atoms with Gasteiger partial charge in [0.1, 0.15) is 11.5 Å². The van der Waals surface area contributed by atoms with Crippen LogP contribution in [-0.2, 0) is 0 Å². The van der Waals surface area contributed by atoms with Gasteiger partial charge < -0.3 is 10.2 Å². The topological polar surface area (TPSA) is 40.5 Å². The predicted molar refractivity (Wildman–Crippen MR) is 93.5 cm³/mol. The van der Waals surface area contributed by atoms with Gasteiger partial charge in [-0.25, -0.2) is 0 Å². The van der Waals surface area contributed by atoms with Gasteiger partial charge in [0.2, 0.25) is 0 Å². The maximum atomic E-state index is 10.1. The minimum absolute atomic E-state index is 0.430. The first-order valence-corrected chi connectivity index (χ1v) is 9.36. The molecular formula is C20H22O2S. The number of benzene rings is 2. The van der Waals surface area contributed by atoms with E-state index in [2.05, 4.69) is 12.1 Å². The Labute approximate surface area is 141 Å². The highest BCUT2D eigenvalue weighted by atomic mass is 32.2. The number of aromatic hydroxyl groups is 2. The van der Waals surface area contributed by atoms with Crippen LogP contribution in [-0.4, -0.2) is 10.2 Å². The maximum absolute atomic E-state index is 10.1. The fourth-order valence-electron chi connectivity index (χ4n) is 3.42. The minimum atomic E-state index is 0.430. The third kappa shape index (κ3) is 2.94. The molecule has 120 valence electrons. The lowest BCUT2D eigenvalue weighted by atomic mass is 9.80. The summed E-state index contributed by atoms with van der Waals surface area (Å²) in [4.78, 5) is 2.32. The molecule has 0 heterocycles. The number of phenols is 2. The third-order valence-corrected chi connectivity index (χ3v) is 6.30. The summed E-state index contributed by atoms with van der Waals surface area (Å²) in [6, 6.07) is 11.9. The number of hydrogen-bond donors (Lipinski definition) is 2. The average molecular weight is 326 g/mol. The lowest BCUT2D eigenvalue weighted by Gasteiger charge is -2.27. The molecule has 3 heteroatoms. The van der Waals surface area contributed by atoms with Gasteiger partial charge in [0.05, 0.1) is 0 Å². The van der Waals surface area contributed by atoms with Crippen LogP contribution in [0.1, 0.15) is 61.5 Å². The molecule has 2 nitrogen and oxygen atoms in total. The molecule has 0 radical (unpaired) electrons. The van der Waals surface area contributed by atoms with E-state index in [1.54, 1.807) is 11.8 Å². The van der Waals surface area contributed by atoms with Crippen molar-refractivity contribution >= 4 is 11.8 Å². The average Bonchev–Trinajstić information content (AvgIpc) is 2.42. The predicted octanol–water partition coefficient (Wildman–Crippen LogP) is 5.78. The van der Waals surface area contributed by atoms with E-state index in [4.69, 9.17) is 0 Å². The lowest BCUT2D eigenvalue weighted by molar-refractivity contribution is 0.392. The van der Waals surface area contributed by atoms with E-state index >= 15 is 0 Å². The Balaban J connectivity index is 1.58. The number of phenolic OH excluding ortho intramolecular Hbond substituents is 2. The first kappa shape index (κ1) is 14.9. The van der Waals surface area contributed by atoms with Gasteiger partial charge in [0.15, 0.2) is 0 Å². The Bertz CT molecular complexity index is 656. The Kier molecular flexibility index (Phi) is 3.98. The van der Waals surface area contributed by atoms with Crippen LogP contribution < -0.4 is 0 Å². The molecule has 2 N–H and O–H groups in total. The summed E-state index contributed by atoms with van der Waals surface area (Å²) in [5.74, 6) is 1.92. The van der Waals surface area contributed by atoms with E-state index in [9.17, 15) is 10.2 Å². The summed E-state index contributed by atoms with van der Waals surface area (Å²) >= 11 is 1.72. The second kappa shape index (κ2) is 6.12. The van der Waals surface area contributed by atoms with Crippen LogP contribution in [0.2, 0.25) is 0 Å². The van der Waals surface area contributed by atoms with Crippen molar-refractivity contribution in [2.45, 2.75) is 60.2 Å². The molecular weight excluding hydrogens is 304 g/mol. The van der Waals surface area contributed by atoms with Gasteiger partial charge in [0.25, 0.3) is 0 Å². The molecule has 2 saturated carbocycles. The summed E-state index contributed by atoms with van der Waals surface area (Å²) in [6.07, 6.45) is 7.28. The van der Waals surface area contributed by atoms with E-state index in [1.807, 2.05) is 24.3 Å². The Morgan fingerprint density at radius 1 is 0.696 bits per heavy atom. The summed E-state index contributed by atoms with van der Waals surface area (Å²) in [6.45, 7) is 0. The largest absolute Gasteiger partial charge is 0.508 e. The van der Waals surface area contributed by atoms with Crippen molar-refractivity contribution in [3.05, 3.63) is 47.5 Å². The van der Waals surface area contributed by atoms with E-state index in [-0.39, 0.29) is 0 Å². The van der Waals surface area contributed by atoms with Crippen molar-refractivity contribution in [1.29, 1.82) is 0 Å². The zero-order chi connectivity index (χ0) is 15.8. The molecule has 2 aliphatic carbocycles. The molecule has 0 amide bonds. The van der Waals surface area contributed by atoms with Crippen molar-refractivity contribution in [1.82, 2.24) is 0 Å². The highest BCUT2D eigenvalue weighted by molar-refractivity contribution is 7.99. The van der Waals surface area contributed by atoms with E-state index < -0.39 is 0 Å². The highest BCUT2D eigenvalue weighted by Crippen LogP contribution is 2.44. The van der Waals surface area contributed by atoms with Crippen LogP contribution in [0, 0.1) is 0 Å². The van der Waals surface area contributed by atoms with E-state index in [1.165, 1.54) is 38.5 Å². The van der Waals surface area contributed by atoms with Crippen LogP contribution in [0.25, 0.3) is 0 Å². The minimum Gasteiger partial charge on any atom is -0.508 e. The summed E-state index contributed by atoms with van der Waals surface area (Å²) in [5.41, 5.74) is 2.19. The Morgan fingerprint density at radius 3 is 1.48 bits per heavy atom. The van der Waals surface area contributed by atoms with Gasteiger partial charge in [-0.05, 0) is 85.0 Å². The normalized spacial score (nSPS) is 18.4. The summed E-state index contributed by atoms with van der Waals surface area (Å²) < 4.78 is 0. The first-order chi connectivity index (χ1) is 11.2. The molecule has 0 spiro atoms. The van der Waals surface area contributed by atoms with Gasteiger partial charge in [0, 0.05) is 9.79 Å². The summed E-state index contributed by atoms with van der Waals surface area (Å²) in [7, 11) is 0. The van der Waals surface area contributed by atoms with Gasteiger partial charge in [-0.1, -0.05) is 24.6 Å². The molecule has 0 saturated heterocycles. The van der Waals surface area contributed by atoms with Gasteiger partial charge in [-0.2, -0.15) is 0 Å². The molecule has 2 aromatic rings. The van der Waals surface area contributed by atoms with Crippen molar-refractivity contribution in [3.63, 3.8) is 0 Å². The molecule has 2 aromatic carbocycles. The van der Waals surface area contributed by atoms with E-state index in [0.717, 1.165) is 20.9 Å². The molecule has 0 aliphatic heterocycles. The third-order valence-electron chi connectivity index (χ3n) is 5.32. The van der Waals surface area contributed by atoms with Gasteiger partial charge in [-0.15, -0.1) is 0 Å². The molecule has 0 unspecified atom stereocenters. The quantitative estimate of drug-likeness (QED) is 0.747. The summed E-state index contributed by atoms with van der Waals surface area (Å²) in [5, 5.41) is 20.2. The van der Waals surface area contributed by atoms with Crippen LogP contribution >= 0.6 is 11.8 Å². The Morgan fingerprint density at radius 2 is 1.13 bits per heavy atom. The van der Waals surface area contributed by atoms with Crippen LogP contribution in [0.3, 0.4) is 0 Å². The van der Waals surface area contributed by atoms with Crippen LogP contribution in [0.4, 0.5) is 0 Å². The van der Waals surface area contributed by atoms with Crippen molar-refractivity contribution in [3.8, 4) is 11.5 Å². The van der Waals surface area contributed by atoms with E-state index in [0.29, 0.717) is 23.3 Å². The molecule has 0 bridgehead atoms. The van der Waals surface area contributed by atoms with Gasteiger partial charge >= 0.3 is 0 Å². The monoisotopic (exact) mass is 326 g/mol. The molecule has 4 rings (SSSR count). The SMILES string of the molecule is Oc1ccc(Sc2ccc(O)c(C3CCC3)c2)cc1C1CCC1. The maximum Gasteiger partial charge on any atom is 0.119 e. The molecule has 23 heavy (non-hydrogen) atoms. The molecule has 0 atom stereocenters.